The predicted molar refractivity (Wildman–Crippen MR) is 59.7 cm³/mol. The van der Waals surface area contributed by atoms with Gasteiger partial charge in [-0.3, -0.25) is 0 Å². The van der Waals surface area contributed by atoms with E-state index in [0.717, 1.165) is 5.56 Å². The lowest BCUT2D eigenvalue weighted by molar-refractivity contribution is 0.176. The minimum absolute atomic E-state index is 0.395. The lowest BCUT2D eigenvalue weighted by Crippen LogP contribution is -1.85. The summed E-state index contributed by atoms with van der Waals surface area (Å²) in [6.45, 7) is 2.44. The maximum Gasteiger partial charge on any atom is 0.136 e. The average Bonchev–Trinajstić information content (AvgIpc) is 2.21. The van der Waals surface area contributed by atoms with E-state index >= 15 is 0 Å². The van der Waals surface area contributed by atoms with E-state index in [1.807, 2.05) is 31.2 Å². The van der Waals surface area contributed by atoms with Crippen molar-refractivity contribution in [1.29, 1.82) is 0 Å². The van der Waals surface area contributed by atoms with E-state index in [0.29, 0.717) is 6.61 Å². The molecule has 0 aliphatic rings. The van der Waals surface area contributed by atoms with E-state index in [-0.39, 0.29) is 0 Å². The van der Waals surface area contributed by atoms with Crippen molar-refractivity contribution in [3.05, 3.63) is 47.0 Å². The molecular weight excluding hydrogens is 198 g/mol. The molecule has 14 heavy (non-hydrogen) atoms. The molecule has 1 aromatic carbocycles. The molecule has 0 fully saturated rings. The number of rotatable bonds is 4. The summed E-state index contributed by atoms with van der Waals surface area (Å²) in [6, 6.07) is 8.03. The second kappa shape index (κ2) is 6.22. The Labute approximate surface area is 88.8 Å². The molecular formula is C11H12ClNO. The number of oxime groups is 1. The zero-order valence-electron chi connectivity index (χ0n) is 7.98. The molecule has 2 nitrogen and oxygen atoms in total. The third-order valence-corrected chi connectivity index (χ3v) is 1.79. The first kappa shape index (κ1) is 10.8. The Kier molecular flexibility index (Phi) is 4.79. The highest BCUT2D eigenvalue weighted by Crippen LogP contribution is 2.00. The summed E-state index contributed by atoms with van der Waals surface area (Å²) in [5.74, 6) is 0. The molecule has 0 saturated carbocycles. The second-order valence-corrected chi connectivity index (χ2v) is 3.05. The summed E-state index contributed by atoms with van der Waals surface area (Å²) in [5, 5.41) is 3.77. The molecule has 0 amide bonds. The smallest absolute Gasteiger partial charge is 0.136 e. The van der Waals surface area contributed by atoms with E-state index in [2.05, 4.69) is 5.16 Å². The highest BCUT2D eigenvalue weighted by atomic mass is 35.5. The number of nitrogens with zero attached hydrogens (tertiary/aromatic N) is 1. The molecule has 0 saturated heterocycles. The molecule has 0 N–H and O–H groups in total. The molecule has 0 heterocycles. The van der Waals surface area contributed by atoms with E-state index < -0.39 is 0 Å². The number of hydrogen-bond donors (Lipinski definition) is 0. The molecule has 0 spiro atoms. The van der Waals surface area contributed by atoms with Crippen LogP contribution in [-0.4, -0.2) is 12.8 Å². The van der Waals surface area contributed by atoms with Crippen LogP contribution >= 0.6 is 11.6 Å². The summed E-state index contributed by atoms with van der Waals surface area (Å²) < 4.78 is 0. The van der Waals surface area contributed by atoms with Crippen molar-refractivity contribution in [3.63, 3.8) is 0 Å². The minimum Gasteiger partial charge on any atom is -0.392 e. The largest absolute Gasteiger partial charge is 0.392 e. The minimum atomic E-state index is 0.395. The first-order chi connectivity index (χ1) is 6.83. The monoisotopic (exact) mass is 209 g/mol. The van der Waals surface area contributed by atoms with Crippen LogP contribution in [-0.2, 0) is 4.84 Å². The molecule has 1 aromatic rings. The van der Waals surface area contributed by atoms with Crippen molar-refractivity contribution >= 4 is 17.8 Å². The fourth-order valence-electron chi connectivity index (χ4n) is 0.873. The van der Waals surface area contributed by atoms with Crippen LogP contribution in [0.25, 0.3) is 0 Å². The lowest BCUT2D eigenvalue weighted by atomic mass is 10.2. The Morgan fingerprint density at radius 1 is 1.36 bits per heavy atom. The molecule has 74 valence electrons. The van der Waals surface area contributed by atoms with Crippen LogP contribution in [0.15, 0.2) is 41.0 Å². The molecule has 1 rings (SSSR count). The predicted octanol–water partition coefficient (Wildman–Crippen LogP) is 3.10. The molecule has 0 aliphatic carbocycles. The average molecular weight is 210 g/mol. The Morgan fingerprint density at radius 3 is 2.71 bits per heavy atom. The summed E-state index contributed by atoms with van der Waals surface area (Å²) in [6.07, 6.45) is 3.34. The highest BCUT2D eigenvalue weighted by molar-refractivity contribution is 6.25. The van der Waals surface area contributed by atoms with Crippen LogP contribution in [0.2, 0.25) is 0 Å². The zero-order chi connectivity index (χ0) is 10.2. The lowest BCUT2D eigenvalue weighted by Gasteiger charge is -1.94. The van der Waals surface area contributed by atoms with Gasteiger partial charge in [0, 0.05) is 5.54 Å². The van der Waals surface area contributed by atoms with E-state index in [4.69, 9.17) is 16.4 Å². The van der Waals surface area contributed by atoms with E-state index in [9.17, 15) is 0 Å². The first-order valence-electron chi connectivity index (χ1n) is 4.30. The standard InChI is InChI=1S/C11H12ClNO/c1-10-3-5-11(6-4-10)9-13-14-8-2-7-12/h2-7,9H,8H2,1H3/b7-2+,13-9+. The SMILES string of the molecule is Cc1ccc(/C=N/OC/C=C/Cl)cc1. The summed E-state index contributed by atoms with van der Waals surface area (Å²) in [4.78, 5) is 4.91. The van der Waals surface area contributed by atoms with Crippen molar-refractivity contribution < 1.29 is 4.84 Å². The van der Waals surface area contributed by atoms with Crippen molar-refractivity contribution in [2.75, 3.05) is 6.61 Å². The van der Waals surface area contributed by atoms with Gasteiger partial charge in [0.15, 0.2) is 0 Å². The summed E-state index contributed by atoms with van der Waals surface area (Å²) in [5.41, 5.74) is 3.65. The van der Waals surface area contributed by atoms with E-state index in [1.165, 1.54) is 11.1 Å². The topological polar surface area (TPSA) is 21.6 Å². The van der Waals surface area contributed by atoms with Gasteiger partial charge in [0.1, 0.15) is 6.61 Å². The van der Waals surface area contributed by atoms with Gasteiger partial charge in [-0.1, -0.05) is 46.6 Å². The van der Waals surface area contributed by atoms with Crippen LogP contribution in [0.3, 0.4) is 0 Å². The van der Waals surface area contributed by atoms with Gasteiger partial charge >= 0.3 is 0 Å². The Bertz CT molecular complexity index is 317. The fraction of sp³-hybridized carbons (Fsp3) is 0.182. The number of hydrogen-bond acceptors (Lipinski definition) is 2. The molecule has 0 aromatic heterocycles. The van der Waals surface area contributed by atoms with Crippen molar-refractivity contribution in [2.24, 2.45) is 5.16 Å². The van der Waals surface area contributed by atoms with Crippen LogP contribution in [0.4, 0.5) is 0 Å². The van der Waals surface area contributed by atoms with Gasteiger partial charge < -0.3 is 4.84 Å². The van der Waals surface area contributed by atoms with Crippen LogP contribution in [0.5, 0.6) is 0 Å². The Balaban J connectivity index is 2.40. The maximum atomic E-state index is 5.30. The highest BCUT2D eigenvalue weighted by Gasteiger charge is 1.86. The molecule has 0 aliphatic heterocycles. The molecule has 0 atom stereocenters. The molecule has 0 unspecified atom stereocenters. The Hall–Kier alpha value is -1.28. The number of halogens is 1. The van der Waals surface area contributed by atoms with Crippen molar-refractivity contribution in [1.82, 2.24) is 0 Å². The number of aryl methyl sites for hydroxylation is 1. The third kappa shape index (κ3) is 4.10. The van der Waals surface area contributed by atoms with Gasteiger partial charge in [0.05, 0.1) is 6.21 Å². The van der Waals surface area contributed by atoms with Gasteiger partial charge in [-0.05, 0) is 18.6 Å². The number of benzene rings is 1. The van der Waals surface area contributed by atoms with Gasteiger partial charge in [0.25, 0.3) is 0 Å². The van der Waals surface area contributed by atoms with Gasteiger partial charge in [-0.15, -0.1) is 0 Å². The van der Waals surface area contributed by atoms with Gasteiger partial charge in [0.2, 0.25) is 0 Å². The van der Waals surface area contributed by atoms with Crippen molar-refractivity contribution in [3.8, 4) is 0 Å². The van der Waals surface area contributed by atoms with Crippen LogP contribution < -0.4 is 0 Å². The molecule has 0 bridgehead atoms. The zero-order valence-corrected chi connectivity index (χ0v) is 8.74. The van der Waals surface area contributed by atoms with Gasteiger partial charge in [-0.2, -0.15) is 0 Å². The van der Waals surface area contributed by atoms with Crippen LogP contribution in [0.1, 0.15) is 11.1 Å². The Morgan fingerprint density at radius 2 is 2.07 bits per heavy atom. The molecule has 3 heteroatoms. The van der Waals surface area contributed by atoms with Crippen molar-refractivity contribution in [2.45, 2.75) is 6.92 Å². The third-order valence-electron chi connectivity index (χ3n) is 1.61. The van der Waals surface area contributed by atoms with Gasteiger partial charge in [-0.25, -0.2) is 0 Å². The fourth-order valence-corrected chi connectivity index (χ4v) is 0.946. The maximum absolute atomic E-state index is 5.30. The second-order valence-electron chi connectivity index (χ2n) is 2.80. The van der Waals surface area contributed by atoms with Crippen LogP contribution in [0, 0.1) is 6.92 Å². The normalized spacial score (nSPS) is 11.3. The van der Waals surface area contributed by atoms with E-state index in [1.54, 1.807) is 12.3 Å². The first-order valence-corrected chi connectivity index (χ1v) is 4.74. The summed E-state index contributed by atoms with van der Waals surface area (Å²) in [7, 11) is 0. The molecule has 0 radical (unpaired) electrons. The quantitative estimate of drug-likeness (QED) is 0.424. The summed E-state index contributed by atoms with van der Waals surface area (Å²) >= 11 is 5.30.